The Bertz CT molecular complexity index is 618. The SMILES string of the molecule is CC(C)[C@H](N)C(=O)N1CCC[C@H](N(C(=O)OCc2ccccc2)C(C)C)C1. The highest BCUT2D eigenvalue weighted by Gasteiger charge is 2.34. The van der Waals surface area contributed by atoms with Gasteiger partial charge in [-0.3, -0.25) is 4.79 Å². The van der Waals surface area contributed by atoms with E-state index in [0.717, 1.165) is 18.4 Å². The fourth-order valence-corrected chi connectivity index (χ4v) is 3.45. The average molecular weight is 376 g/mol. The zero-order valence-corrected chi connectivity index (χ0v) is 16.9. The van der Waals surface area contributed by atoms with E-state index in [9.17, 15) is 9.59 Å². The molecule has 1 aromatic carbocycles. The van der Waals surface area contributed by atoms with Gasteiger partial charge < -0.3 is 20.3 Å². The summed E-state index contributed by atoms with van der Waals surface area (Å²) in [7, 11) is 0. The number of rotatable bonds is 6. The van der Waals surface area contributed by atoms with Gasteiger partial charge in [0.05, 0.1) is 12.1 Å². The van der Waals surface area contributed by atoms with Crippen LogP contribution in [0.5, 0.6) is 0 Å². The molecule has 6 nitrogen and oxygen atoms in total. The van der Waals surface area contributed by atoms with Crippen LogP contribution in [0.4, 0.5) is 4.79 Å². The van der Waals surface area contributed by atoms with Gasteiger partial charge in [0.1, 0.15) is 6.61 Å². The Hall–Kier alpha value is -2.08. The van der Waals surface area contributed by atoms with E-state index in [2.05, 4.69) is 0 Å². The largest absolute Gasteiger partial charge is 0.445 e. The molecule has 0 radical (unpaired) electrons. The molecule has 1 heterocycles. The van der Waals surface area contributed by atoms with E-state index >= 15 is 0 Å². The fraction of sp³-hybridized carbons (Fsp3) is 0.619. The zero-order chi connectivity index (χ0) is 20.0. The molecule has 1 aliphatic rings. The minimum atomic E-state index is -0.499. The van der Waals surface area contributed by atoms with Crippen LogP contribution in [-0.2, 0) is 16.1 Å². The lowest BCUT2D eigenvalue weighted by atomic mass is 9.99. The van der Waals surface area contributed by atoms with Crippen LogP contribution in [0.2, 0.25) is 0 Å². The number of likely N-dealkylation sites (tertiary alicyclic amines) is 1. The van der Waals surface area contributed by atoms with Gasteiger partial charge in [-0.1, -0.05) is 44.2 Å². The van der Waals surface area contributed by atoms with Gasteiger partial charge in [0, 0.05) is 19.1 Å². The Kier molecular flexibility index (Phi) is 7.66. The second kappa shape index (κ2) is 9.74. The Morgan fingerprint density at radius 2 is 1.89 bits per heavy atom. The van der Waals surface area contributed by atoms with Gasteiger partial charge >= 0.3 is 6.09 Å². The van der Waals surface area contributed by atoms with E-state index in [1.807, 2.05) is 58.0 Å². The summed E-state index contributed by atoms with van der Waals surface area (Å²) in [5.74, 6) is 0.0611. The number of carbonyl (C=O) groups is 2. The van der Waals surface area contributed by atoms with Crippen molar-refractivity contribution in [1.82, 2.24) is 9.80 Å². The number of carbonyl (C=O) groups excluding carboxylic acids is 2. The van der Waals surface area contributed by atoms with Crippen molar-refractivity contribution in [1.29, 1.82) is 0 Å². The highest BCUT2D eigenvalue weighted by molar-refractivity contribution is 5.82. The molecule has 2 N–H and O–H groups in total. The Morgan fingerprint density at radius 3 is 2.48 bits per heavy atom. The second-order valence-electron chi connectivity index (χ2n) is 7.89. The summed E-state index contributed by atoms with van der Waals surface area (Å²) in [6, 6.07) is 9.08. The van der Waals surface area contributed by atoms with E-state index < -0.39 is 6.04 Å². The molecule has 1 aliphatic heterocycles. The normalized spacial score (nSPS) is 18.5. The third-order valence-electron chi connectivity index (χ3n) is 5.08. The average Bonchev–Trinajstić information content (AvgIpc) is 2.66. The van der Waals surface area contributed by atoms with Crippen molar-refractivity contribution in [2.24, 2.45) is 11.7 Å². The maximum Gasteiger partial charge on any atom is 0.410 e. The lowest BCUT2D eigenvalue weighted by molar-refractivity contribution is -0.135. The van der Waals surface area contributed by atoms with Gasteiger partial charge in [-0.05, 0) is 38.2 Å². The highest BCUT2D eigenvalue weighted by atomic mass is 16.6. The van der Waals surface area contributed by atoms with Gasteiger partial charge in [0.15, 0.2) is 0 Å². The number of benzene rings is 1. The summed E-state index contributed by atoms with van der Waals surface area (Å²) in [6.45, 7) is 9.31. The molecule has 2 rings (SSSR count). The summed E-state index contributed by atoms with van der Waals surface area (Å²) in [4.78, 5) is 28.9. The molecule has 1 aromatic rings. The highest BCUT2D eigenvalue weighted by Crippen LogP contribution is 2.21. The number of nitrogens with two attached hydrogens (primary N) is 1. The lowest BCUT2D eigenvalue weighted by Crippen LogP contribution is -2.57. The minimum Gasteiger partial charge on any atom is -0.445 e. The summed E-state index contributed by atoms with van der Waals surface area (Å²) in [6.07, 6.45) is 1.39. The van der Waals surface area contributed by atoms with Gasteiger partial charge in [-0.2, -0.15) is 0 Å². The number of hydrogen-bond donors (Lipinski definition) is 1. The number of piperidine rings is 1. The third-order valence-corrected chi connectivity index (χ3v) is 5.08. The molecule has 0 aliphatic carbocycles. The first-order valence-electron chi connectivity index (χ1n) is 9.84. The van der Waals surface area contributed by atoms with Crippen LogP contribution in [-0.4, -0.2) is 53.0 Å². The topological polar surface area (TPSA) is 75.9 Å². The summed E-state index contributed by atoms with van der Waals surface area (Å²) in [5.41, 5.74) is 7.00. The first-order valence-corrected chi connectivity index (χ1v) is 9.84. The van der Waals surface area contributed by atoms with Crippen molar-refractivity contribution >= 4 is 12.0 Å². The molecule has 0 unspecified atom stereocenters. The van der Waals surface area contributed by atoms with Gasteiger partial charge in [0.25, 0.3) is 0 Å². The molecular weight excluding hydrogens is 342 g/mol. The Morgan fingerprint density at radius 1 is 1.22 bits per heavy atom. The van der Waals surface area contributed by atoms with Gasteiger partial charge in [-0.15, -0.1) is 0 Å². The third kappa shape index (κ3) is 5.70. The molecule has 1 saturated heterocycles. The van der Waals surface area contributed by atoms with Crippen molar-refractivity contribution in [2.75, 3.05) is 13.1 Å². The lowest BCUT2D eigenvalue weighted by Gasteiger charge is -2.41. The predicted molar refractivity (Wildman–Crippen MR) is 106 cm³/mol. The molecule has 27 heavy (non-hydrogen) atoms. The van der Waals surface area contributed by atoms with Crippen LogP contribution in [0.1, 0.15) is 46.1 Å². The summed E-state index contributed by atoms with van der Waals surface area (Å²) >= 11 is 0. The number of hydrogen-bond acceptors (Lipinski definition) is 4. The van der Waals surface area contributed by atoms with Crippen LogP contribution in [0.25, 0.3) is 0 Å². The van der Waals surface area contributed by atoms with Crippen molar-refractivity contribution < 1.29 is 14.3 Å². The first kappa shape index (κ1) is 21.2. The second-order valence-corrected chi connectivity index (χ2v) is 7.89. The zero-order valence-electron chi connectivity index (χ0n) is 16.9. The number of ether oxygens (including phenoxy) is 1. The van der Waals surface area contributed by atoms with E-state index in [1.54, 1.807) is 9.80 Å². The molecule has 1 fully saturated rings. The maximum absolute atomic E-state index is 12.8. The minimum absolute atomic E-state index is 0.00732. The Balaban J connectivity index is 2.02. The molecule has 2 amide bonds. The maximum atomic E-state index is 12.8. The fourth-order valence-electron chi connectivity index (χ4n) is 3.45. The van der Waals surface area contributed by atoms with Crippen LogP contribution < -0.4 is 5.73 Å². The number of nitrogens with zero attached hydrogens (tertiary/aromatic N) is 2. The molecule has 2 atom stereocenters. The van der Waals surface area contributed by atoms with Gasteiger partial charge in [-0.25, -0.2) is 4.79 Å². The van der Waals surface area contributed by atoms with E-state index in [4.69, 9.17) is 10.5 Å². The molecule has 0 saturated carbocycles. The molecule has 0 aromatic heterocycles. The van der Waals surface area contributed by atoms with Crippen molar-refractivity contribution in [3.8, 4) is 0 Å². The van der Waals surface area contributed by atoms with Crippen molar-refractivity contribution in [2.45, 2.75) is 65.3 Å². The smallest absolute Gasteiger partial charge is 0.410 e. The molecule has 0 bridgehead atoms. The number of amides is 2. The summed E-state index contributed by atoms with van der Waals surface area (Å²) in [5, 5.41) is 0. The van der Waals surface area contributed by atoms with Gasteiger partial charge in [0.2, 0.25) is 5.91 Å². The van der Waals surface area contributed by atoms with Crippen LogP contribution in [0.3, 0.4) is 0 Å². The van der Waals surface area contributed by atoms with E-state index in [0.29, 0.717) is 13.1 Å². The first-order chi connectivity index (χ1) is 12.8. The van der Waals surface area contributed by atoms with Crippen LogP contribution in [0, 0.1) is 5.92 Å². The summed E-state index contributed by atoms with van der Waals surface area (Å²) < 4.78 is 5.55. The van der Waals surface area contributed by atoms with E-state index in [1.165, 1.54) is 0 Å². The van der Waals surface area contributed by atoms with Crippen LogP contribution in [0.15, 0.2) is 30.3 Å². The standard InChI is InChI=1S/C21H33N3O3/c1-15(2)19(22)20(25)23-12-8-11-18(13-23)24(16(3)4)21(26)27-14-17-9-6-5-7-10-17/h5-7,9-10,15-16,18-19H,8,11-14,22H2,1-4H3/t18-,19-/m0/s1. The predicted octanol–water partition coefficient (Wildman–Crippen LogP) is 3.01. The quantitative estimate of drug-likeness (QED) is 0.829. The molecular formula is C21H33N3O3. The van der Waals surface area contributed by atoms with Crippen molar-refractivity contribution in [3.63, 3.8) is 0 Å². The van der Waals surface area contributed by atoms with Crippen molar-refractivity contribution in [3.05, 3.63) is 35.9 Å². The monoisotopic (exact) mass is 375 g/mol. The molecule has 0 spiro atoms. The Labute approximate surface area is 162 Å². The molecule has 6 heteroatoms. The van der Waals surface area contributed by atoms with E-state index in [-0.39, 0.29) is 36.6 Å². The molecule has 150 valence electrons. The van der Waals surface area contributed by atoms with Crippen LogP contribution >= 0.6 is 0 Å².